The maximum atomic E-state index is 11.6. The van der Waals surface area contributed by atoms with E-state index in [2.05, 4.69) is 5.32 Å². The van der Waals surface area contributed by atoms with E-state index < -0.39 is 23.3 Å². The second kappa shape index (κ2) is 7.36. The summed E-state index contributed by atoms with van der Waals surface area (Å²) in [6, 6.07) is 1.30. The number of urea groups is 1. The first-order valence-electron chi connectivity index (χ1n) is 5.81. The minimum atomic E-state index is -0.990. The van der Waals surface area contributed by atoms with Crippen LogP contribution in [0.1, 0.15) is 33.1 Å². The Bertz CT molecular complexity index is 398. The van der Waals surface area contributed by atoms with Gasteiger partial charge in [0.05, 0.1) is 18.9 Å². The molecule has 0 aromatic carbocycles. The summed E-state index contributed by atoms with van der Waals surface area (Å²) in [5, 5.41) is 19.2. The summed E-state index contributed by atoms with van der Waals surface area (Å²) in [4.78, 5) is 35.0. The number of nitriles is 1. The van der Waals surface area contributed by atoms with Gasteiger partial charge in [-0.25, -0.2) is 4.79 Å². The lowest BCUT2D eigenvalue weighted by molar-refractivity contribution is -0.139. The van der Waals surface area contributed by atoms with Gasteiger partial charge >= 0.3 is 12.0 Å². The fraction of sp³-hybridized carbons (Fsp3) is 0.667. The van der Waals surface area contributed by atoms with Crippen molar-refractivity contribution in [3.8, 4) is 6.07 Å². The predicted molar refractivity (Wildman–Crippen MR) is 67.0 cm³/mol. The normalized spacial score (nSPS) is 10.4. The third-order valence-corrected chi connectivity index (χ3v) is 2.42. The van der Waals surface area contributed by atoms with Gasteiger partial charge in [0.25, 0.3) is 0 Å². The molecule has 0 saturated carbocycles. The summed E-state index contributed by atoms with van der Waals surface area (Å²) in [6.07, 6.45) is -0.0291. The molecule has 0 spiro atoms. The molecular weight excluding hydrogens is 250 g/mol. The fourth-order valence-electron chi connectivity index (χ4n) is 1.48. The maximum absolute atomic E-state index is 11.6. The molecule has 0 saturated heterocycles. The molecule has 0 bridgehead atoms. The quantitative estimate of drug-likeness (QED) is 0.746. The highest BCUT2D eigenvalue weighted by Crippen LogP contribution is 2.24. The van der Waals surface area contributed by atoms with Crippen LogP contribution < -0.4 is 5.32 Å². The molecule has 0 aliphatic heterocycles. The minimum absolute atomic E-state index is 0.0584. The Morgan fingerprint density at radius 3 is 2.37 bits per heavy atom. The van der Waals surface area contributed by atoms with E-state index in [0.717, 1.165) is 0 Å². The van der Waals surface area contributed by atoms with Crippen LogP contribution in [0.5, 0.6) is 0 Å². The average Bonchev–Trinajstić information content (AvgIpc) is 2.22. The summed E-state index contributed by atoms with van der Waals surface area (Å²) in [7, 11) is 1.47. The molecule has 0 rings (SSSR count). The summed E-state index contributed by atoms with van der Waals surface area (Å²) >= 11 is 0. The molecule has 7 nitrogen and oxygen atoms in total. The van der Waals surface area contributed by atoms with Crippen LogP contribution in [0.3, 0.4) is 0 Å². The van der Waals surface area contributed by atoms with Gasteiger partial charge in [0.15, 0.2) is 0 Å². The highest BCUT2D eigenvalue weighted by molar-refractivity contribution is 5.94. The van der Waals surface area contributed by atoms with E-state index in [1.165, 1.54) is 11.9 Å². The van der Waals surface area contributed by atoms with Gasteiger partial charge in [-0.3, -0.25) is 14.9 Å². The molecule has 0 unspecified atom stereocenters. The molecule has 0 radical (unpaired) electrons. The molecule has 0 heterocycles. The SMILES string of the molecule is CN(CCC#N)C(=O)NC(=O)CC(C)(C)CC(=O)O. The molecule has 0 aliphatic carbocycles. The van der Waals surface area contributed by atoms with Crippen molar-refractivity contribution in [2.45, 2.75) is 33.1 Å². The molecular formula is C12H19N3O4. The van der Waals surface area contributed by atoms with Gasteiger partial charge in [-0.15, -0.1) is 0 Å². The number of rotatable bonds is 6. The number of hydrogen-bond acceptors (Lipinski definition) is 4. The molecule has 2 N–H and O–H groups in total. The summed E-state index contributed by atoms with van der Waals surface area (Å²) in [5.74, 6) is -1.52. The highest BCUT2D eigenvalue weighted by Gasteiger charge is 2.26. The van der Waals surface area contributed by atoms with Crippen molar-refractivity contribution in [2.24, 2.45) is 5.41 Å². The number of carboxylic acids is 1. The van der Waals surface area contributed by atoms with Gasteiger partial charge < -0.3 is 10.0 Å². The number of nitrogens with zero attached hydrogens (tertiary/aromatic N) is 2. The van der Waals surface area contributed by atoms with Gasteiger partial charge in [0, 0.05) is 20.0 Å². The predicted octanol–water partition coefficient (Wildman–Crippen LogP) is 0.959. The number of amides is 3. The molecule has 7 heteroatoms. The third-order valence-electron chi connectivity index (χ3n) is 2.42. The van der Waals surface area contributed by atoms with E-state index >= 15 is 0 Å². The highest BCUT2D eigenvalue weighted by atomic mass is 16.4. The van der Waals surface area contributed by atoms with Gasteiger partial charge in [0.1, 0.15) is 0 Å². The molecule has 106 valence electrons. The number of nitrogens with one attached hydrogen (secondary N) is 1. The van der Waals surface area contributed by atoms with Crippen LogP contribution in [0, 0.1) is 16.7 Å². The molecule has 0 aromatic rings. The van der Waals surface area contributed by atoms with E-state index in [9.17, 15) is 14.4 Å². The van der Waals surface area contributed by atoms with Crippen molar-refractivity contribution in [1.29, 1.82) is 5.26 Å². The maximum Gasteiger partial charge on any atom is 0.323 e. The smallest absolute Gasteiger partial charge is 0.323 e. The minimum Gasteiger partial charge on any atom is -0.481 e. The van der Waals surface area contributed by atoms with Crippen molar-refractivity contribution >= 4 is 17.9 Å². The summed E-state index contributed by atoms with van der Waals surface area (Å²) in [6.45, 7) is 3.52. The zero-order chi connectivity index (χ0) is 15.1. The molecule has 0 atom stereocenters. The molecule has 0 fully saturated rings. The first kappa shape index (κ1) is 16.9. The standard InChI is InChI=1S/C12H19N3O4/c1-12(2,8-10(17)18)7-9(16)14-11(19)15(3)6-4-5-13/h4,6-8H2,1-3H3,(H,17,18)(H,14,16,19). The Kier molecular flexibility index (Phi) is 6.55. The van der Waals surface area contributed by atoms with Gasteiger partial charge in [-0.05, 0) is 5.41 Å². The van der Waals surface area contributed by atoms with E-state index in [-0.39, 0.29) is 25.8 Å². The topological polar surface area (TPSA) is 111 Å². The largest absolute Gasteiger partial charge is 0.481 e. The lowest BCUT2D eigenvalue weighted by Crippen LogP contribution is -2.42. The van der Waals surface area contributed by atoms with Crippen molar-refractivity contribution in [3.63, 3.8) is 0 Å². The van der Waals surface area contributed by atoms with Crippen LogP contribution in [0.15, 0.2) is 0 Å². The number of carbonyl (C=O) groups excluding carboxylic acids is 2. The van der Waals surface area contributed by atoms with Crippen LogP contribution in [0.4, 0.5) is 4.79 Å². The van der Waals surface area contributed by atoms with Crippen LogP contribution in [0.2, 0.25) is 0 Å². The first-order chi connectivity index (χ1) is 8.68. The van der Waals surface area contributed by atoms with E-state index in [1.807, 2.05) is 6.07 Å². The summed E-state index contributed by atoms with van der Waals surface area (Å²) < 4.78 is 0. The monoisotopic (exact) mass is 269 g/mol. The van der Waals surface area contributed by atoms with E-state index in [4.69, 9.17) is 10.4 Å². The van der Waals surface area contributed by atoms with Crippen molar-refractivity contribution in [1.82, 2.24) is 10.2 Å². The fourth-order valence-corrected chi connectivity index (χ4v) is 1.48. The van der Waals surface area contributed by atoms with Gasteiger partial charge in [-0.2, -0.15) is 5.26 Å². The second-order valence-electron chi connectivity index (χ2n) is 5.09. The number of carbonyl (C=O) groups is 3. The lowest BCUT2D eigenvalue weighted by Gasteiger charge is -2.22. The number of carboxylic acid groups (broad SMARTS) is 1. The van der Waals surface area contributed by atoms with Crippen LogP contribution in [-0.4, -0.2) is 41.5 Å². The van der Waals surface area contributed by atoms with Crippen molar-refractivity contribution in [3.05, 3.63) is 0 Å². The van der Waals surface area contributed by atoms with Gasteiger partial charge in [0.2, 0.25) is 5.91 Å². The van der Waals surface area contributed by atoms with Crippen LogP contribution in [0.25, 0.3) is 0 Å². The Balaban J connectivity index is 4.28. The Morgan fingerprint density at radius 1 is 1.32 bits per heavy atom. The number of aliphatic carboxylic acids is 1. The second-order valence-corrected chi connectivity index (χ2v) is 5.09. The van der Waals surface area contributed by atoms with Gasteiger partial charge in [-0.1, -0.05) is 13.8 Å². The Labute approximate surface area is 112 Å². The molecule has 0 aromatic heterocycles. The molecule has 0 aliphatic rings. The lowest BCUT2D eigenvalue weighted by atomic mass is 9.85. The van der Waals surface area contributed by atoms with Crippen LogP contribution in [-0.2, 0) is 9.59 Å². The Morgan fingerprint density at radius 2 is 1.89 bits per heavy atom. The van der Waals surface area contributed by atoms with Crippen molar-refractivity contribution in [2.75, 3.05) is 13.6 Å². The summed E-state index contributed by atoms with van der Waals surface area (Å²) in [5.41, 5.74) is -0.721. The average molecular weight is 269 g/mol. The first-order valence-corrected chi connectivity index (χ1v) is 5.81. The third kappa shape index (κ3) is 7.76. The number of imide groups is 1. The van der Waals surface area contributed by atoms with Crippen LogP contribution >= 0.6 is 0 Å². The number of hydrogen-bond donors (Lipinski definition) is 2. The molecule has 19 heavy (non-hydrogen) atoms. The molecule has 3 amide bonds. The zero-order valence-corrected chi connectivity index (χ0v) is 11.4. The van der Waals surface area contributed by atoms with E-state index in [1.54, 1.807) is 13.8 Å². The van der Waals surface area contributed by atoms with E-state index in [0.29, 0.717) is 0 Å². The zero-order valence-electron chi connectivity index (χ0n) is 11.4. The van der Waals surface area contributed by atoms with Crippen molar-refractivity contribution < 1.29 is 19.5 Å². The Hall–Kier alpha value is -2.10.